The predicted octanol–water partition coefficient (Wildman–Crippen LogP) is -25.3. The van der Waals surface area contributed by atoms with Crippen molar-refractivity contribution in [1.82, 2.24) is 31.9 Å². The molecular formula is C81H136N6O59. The van der Waals surface area contributed by atoms with E-state index in [1.807, 2.05) is 0 Å². The summed E-state index contributed by atoms with van der Waals surface area (Å²) in [7, 11) is 0. The monoisotopic (exact) mass is 2140 g/mol. The number of carboxylic acids is 1. The van der Waals surface area contributed by atoms with Gasteiger partial charge in [-0.3, -0.25) is 28.8 Å². The Morgan fingerprint density at radius 2 is 0.651 bits per heavy atom. The van der Waals surface area contributed by atoms with Crippen LogP contribution in [-0.4, -0.2) is 621 Å². The molecule has 10 rings (SSSR count). The van der Waals surface area contributed by atoms with E-state index in [1.165, 1.54) is 0 Å². The maximum Gasteiger partial charge on any atom is 0.364 e. The molecule has 65 nitrogen and oxygen atoms in total. The molecule has 0 radical (unpaired) electrons. The zero-order valence-corrected chi connectivity index (χ0v) is 78.7. The van der Waals surface area contributed by atoms with E-state index in [0.29, 0.717) is 0 Å². The third kappa shape index (κ3) is 27.9. The van der Waals surface area contributed by atoms with Crippen LogP contribution in [0, 0.1) is 0 Å². The van der Waals surface area contributed by atoms with E-state index in [0.717, 1.165) is 41.5 Å². The number of rotatable bonds is 44. The van der Waals surface area contributed by atoms with Gasteiger partial charge in [-0.15, -0.1) is 0 Å². The molecule has 65 heteroatoms. The third-order valence-corrected chi connectivity index (χ3v) is 26.0. The van der Waals surface area contributed by atoms with Crippen molar-refractivity contribution in [2.24, 2.45) is 0 Å². The van der Waals surface area contributed by atoms with E-state index >= 15 is 0 Å². The Bertz CT molecular complexity index is 4110. The lowest BCUT2D eigenvalue weighted by molar-refractivity contribution is -0.407. The van der Waals surface area contributed by atoms with E-state index in [4.69, 9.17) is 94.7 Å². The normalized spacial score (nSPS) is 44.7. The number of amides is 6. The SMILES string of the molecule is CC(=O)N[C@H]1[C@H](O[C@@H]([C@H](O)[C@H](CO)NC(C)=O)[C@H](O)CO)O[C@H](CO)[C@@H](O[C@@H]2O[C@H](CO[C@H]3O[C@H](CO)[C@@H](O)[C@H](O)[C@@H]3O[C@@H]3O[C@H](CO)[C@@H](O)[C@H](O)[C@H]3NC(C)=O)[C@@H](O)[C@H](O[C@H]3O[C@H](CO)[C@@H](O[C@@H]4O[C@H](CO[C@]5(C(=O)O)C[C@H](O)[C@@H](NC(C)=O)[C@H]([C@H](O)[C@H](O)CO)O5)[C@@H](O)[C@H](O[C@@H]5O[C@H](CO)[C@H](O)[C@H](O)[C@H]5O)[C@H]4NC(C)=O)[C@H](O)[C@@H]3O[C@@H]3O[C@H](CO)[C@@H](O[C@@H]4O[C@H](CO)[C@H](O)[C@H](O)[C@H]4O)[C@H](O)[C@H]3NC(C)=O)[C@@H]2O)[C@@H]1O. The lowest BCUT2D eigenvalue weighted by Crippen LogP contribution is -2.72. The van der Waals surface area contributed by atoms with Crippen LogP contribution >= 0.6 is 0 Å². The minimum Gasteiger partial charge on any atom is -0.477 e. The lowest BCUT2D eigenvalue weighted by atomic mass is 9.88. The molecule has 10 aliphatic rings. The van der Waals surface area contributed by atoms with Crippen molar-refractivity contribution in [3.8, 4) is 0 Å². The highest BCUT2D eigenvalue weighted by molar-refractivity contribution is 5.77. The molecular weight excluding hydrogens is 2000 g/mol. The summed E-state index contributed by atoms with van der Waals surface area (Å²) in [6, 6.07) is -12.1. The Labute approximate surface area is 826 Å². The second-order valence-electron chi connectivity index (χ2n) is 36.5. The van der Waals surface area contributed by atoms with Gasteiger partial charge in [0.2, 0.25) is 35.4 Å². The highest BCUT2D eigenvalue weighted by atomic mass is 16.8. The van der Waals surface area contributed by atoms with Crippen molar-refractivity contribution in [3.63, 3.8) is 0 Å². The number of aliphatic hydroxyl groups excluding tert-OH is 31. The Kier molecular flexibility index (Phi) is 45.1. The van der Waals surface area contributed by atoms with Crippen LogP contribution in [0.3, 0.4) is 0 Å². The maximum absolute atomic E-state index is 13.8. The first-order chi connectivity index (χ1) is 68.9. The molecule has 10 saturated heterocycles. The fourth-order valence-electron chi connectivity index (χ4n) is 18.4. The number of hydrogen-bond acceptors (Lipinski definition) is 58. The van der Waals surface area contributed by atoms with Crippen molar-refractivity contribution in [2.75, 3.05) is 79.3 Å². The molecule has 10 aliphatic heterocycles. The molecule has 0 bridgehead atoms. The van der Waals surface area contributed by atoms with Crippen LogP contribution in [0.25, 0.3) is 0 Å². The highest BCUT2D eigenvalue weighted by Gasteiger charge is 2.64. The summed E-state index contributed by atoms with van der Waals surface area (Å²) in [5.41, 5.74) is 0. The molecule has 10 heterocycles. The molecule has 38 N–H and O–H groups in total. The van der Waals surface area contributed by atoms with Crippen LogP contribution in [-0.2, 0) is 128 Å². The summed E-state index contributed by atoms with van der Waals surface area (Å²) < 4.78 is 121. The topological polar surface area (TPSA) is 1020 Å². The smallest absolute Gasteiger partial charge is 0.364 e. The maximum atomic E-state index is 13.8. The number of carboxylic acid groups (broad SMARTS) is 1. The van der Waals surface area contributed by atoms with E-state index in [1.54, 1.807) is 0 Å². The molecule has 55 atom stereocenters. The quantitative estimate of drug-likeness (QED) is 0.0269. The Morgan fingerprint density at radius 3 is 1.11 bits per heavy atom. The first-order valence-corrected chi connectivity index (χ1v) is 46.2. The van der Waals surface area contributed by atoms with Gasteiger partial charge in [0.05, 0.1) is 97.5 Å². The average molecular weight is 2140 g/mol. The minimum atomic E-state index is -3.35. The predicted molar refractivity (Wildman–Crippen MR) is 451 cm³/mol. The van der Waals surface area contributed by atoms with Crippen LogP contribution in [0.5, 0.6) is 0 Å². The van der Waals surface area contributed by atoms with Crippen molar-refractivity contribution < 1.29 is 292 Å². The number of nitrogens with one attached hydrogen (secondary N) is 6. The van der Waals surface area contributed by atoms with Crippen molar-refractivity contribution >= 4 is 41.4 Å². The number of ether oxygens (including phenoxy) is 20. The van der Waals surface area contributed by atoms with Crippen molar-refractivity contribution in [2.45, 2.75) is 385 Å². The number of carbonyl (C=O) groups is 7. The van der Waals surface area contributed by atoms with Gasteiger partial charge in [-0.2, -0.15) is 0 Å². The molecule has 0 spiro atoms. The number of carbonyl (C=O) groups excluding carboxylic acids is 6. The second kappa shape index (κ2) is 53.9. The van der Waals surface area contributed by atoms with Crippen LogP contribution < -0.4 is 31.9 Å². The fourth-order valence-corrected chi connectivity index (χ4v) is 18.4. The second-order valence-corrected chi connectivity index (χ2v) is 36.5. The molecule has 146 heavy (non-hydrogen) atoms. The largest absolute Gasteiger partial charge is 0.477 e. The van der Waals surface area contributed by atoms with Crippen molar-refractivity contribution in [1.29, 1.82) is 0 Å². The third-order valence-electron chi connectivity index (χ3n) is 26.0. The number of aliphatic carboxylic acids is 1. The van der Waals surface area contributed by atoms with Crippen LogP contribution in [0.1, 0.15) is 48.0 Å². The molecule has 844 valence electrons. The number of hydrogen-bond donors (Lipinski definition) is 38. The lowest BCUT2D eigenvalue weighted by Gasteiger charge is -2.52. The van der Waals surface area contributed by atoms with Gasteiger partial charge in [0.15, 0.2) is 56.6 Å². The van der Waals surface area contributed by atoms with Gasteiger partial charge in [-0.25, -0.2) is 4.79 Å². The van der Waals surface area contributed by atoms with E-state index in [2.05, 4.69) is 31.9 Å². The van der Waals surface area contributed by atoms with Gasteiger partial charge >= 0.3 is 5.97 Å². The zero-order chi connectivity index (χ0) is 108. The van der Waals surface area contributed by atoms with Crippen LogP contribution in [0.2, 0.25) is 0 Å². The Morgan fingerprint density at radius 1 is 0.308 bits per heavy atom. The molecule has 0 unspecified atom stereocenters. The zero-order valence-electron chi connectivity index (χ0n) is 78.7. The Hall–Kier alpha value is -5.75. The molecule has 0 saturated carbocycles. The summed E-state index contributed by atoms with van der Waals surface area (Å²) in [5.74, 6) is -11.7. The highest BCUT2D eigenvalue weighted by Crippen LogP contribution is 2.43. The van der Waals surface area contributed by atoms with Gasteiger partial charge in [0.1, 0.15) is 256 Å². The molecule has 0 aliphatic carbocycles. The molecule has 0 aromatic rings. The Balaban J connectivity index is 1.12. The van der Waals surface area contributed by atoms with Gasteiger partial charge in [0.25, 0.3) is 5.79 Å². The van der Waals surface area contributed by atoms with Gasteiger partial charge in [0, 0.05) is 48.0 Å². The van der Waals surface area contributed by atoms with Gasteiger partial charge in [-0.05, 0) is 0 Å². The summed E-state index contributed by atoms with van der Waals surface area (Å²) >= 11 is 0. The molecule has 0 aromatic heterocycles. The molecule has 10 fully saturated rings. The fraction of sp³-hybridized carbons (Fsp3) is 0.914. The average Bonchev–Trinajstić information content (AvgIpc) is 0.764. The van der Waals surface area contributed by atoms with E-state index < -0.39 is 464 Å². The van der Waals surface area contributed by atoms with Gasteiger partial charge < -0.3 is 290 Å². The standard InChI is InChI=1S/C81H136N6O59/c1-20(98)82-26(8-88)44(107)62(29(106)10-90)138-72-41(85-23(4)101)53(116)64(35(16-96)133-72)141-77-61(124)68(51(114)37(137-77)18-127-78-69(57(120)49(112)33(14-94)132-78)144-71-40(84-22(3)100)52(115)46(109)30(11-91)129-71)143-79-70(145-73-42(86-24(5)102)54(117)63(34(15-95)134-73)140-75-58(121)55(118)47(110)31(12-92)130-75)60(123)65(36(17-97)135-79)139-74-43(87-25(6)103)66(142-76-59(122)56(119)48(111)32(13-93)131-76)50(113)38(136-74)19-128-81(80(125)126)7-27(104)39(83-21(2)99)67(146-81)45(108)28(105)9-89/h26-79,88-97,104-124H,7-19H2,1-6H3,(H,82,98)(H,83,99)(H,84,100)(H,85,101)(H,86,102)(H,87,103)(H,125,126)/t26-,27-,28+,29+,30+,31+,32+,33+,34+,35+,36+,37+,38+,39+,40+,41+,42+,43+,44+,45+,46+,47-,48-,49+,50+,51+,52+,53+,54+,55-,56-,57-,58+,59+,60-,61-,62+,63+,64+,65+,66+,67+,68-,69-,70-,71-,72-,73-,74-,75-,76-,77-,78-,79+,81+/m0/s1. The summed E-state index contributed by atoms with van der Waals surface area (Å²) in [4.78, 5) is 91.7. The first kappa shape index (κ1) is 122. The number of aliphatic hydroxyl groups is 31. The van der Waals surface area contributed by atoms with Gasteiger partial charge in [-0.1, -0.05) is 0 Å². The van der Waals surface area contributed by atoms with E-state index in [-0.39, 0.29) is 0 Å². The first-order valence-electron chi connectivity index (χ1n) is 46.2. The minimum absolute atomic E-state index is 0.798. The molecule has 6 amide bonds. The summed E-state index contributed by atoms with van der Waals surface area (Å²) in [6.07, 6.45) is -113. The van der Waals surface area contributed by atoms with E-state index in [9.17, 15) is 197 Å². The van der Waals surface area contributed by atoms with Crippen LogP contribution in [0.15, 0.2) is 0 Å². The summed E-state index contributed by atoms with van der Waals surface area (Å²) in [5, 5.41) is 376. The molecule has 0 aromatic carbocycles. The van der Waals surface area contributed by atoms with Crippen molar-refractivity contribution in [3.05, 3.63) is 0 Å². The van der Waals surface area contributed by atoms with Crippen LogP contribution in [0.4, 0.5) is 0 Å². The summed E-state index contributed by atoms with van der Waals surface area (Å²) in [6.45, 7) is -10.0.